The second kappa shape index (κ2) is 16.5. The van der Waals surface area contributed by atoms with E-state index >= 15 is 0 Å². The molecule has 47 heavy (non-hydrogen) atoms. The van der Waals surface area contributed by atoms with Crippen LogP contribution < -0.4 is 26.6 Å². The number of anilines is 2. The summed E-state index contributed by atoms with van der Waals surface area (Å²) in [5.41, 5.74) is -0.458. The van der Waals surface area contributed by atoms with Crippen LogP contribution in [0.4, 0.5) is 16.2 Å². The molecule has 1 aromatic rings. The van der Waals surface area contributed by atoms with Gasteiger partial charge in [0.15, 0.2) is 0 Å². The predicted molar refractivity (Wildman–Crippen MR) is 185 cm³/mol. The fourth-order valence-electron chi connectivity index (χ4n) is 5.29. The van der Waals surface area contributed by atoms with Crippen LogP contribution in [0.3, 0.4) is 0 Å². The number of likely N-dealkylation sites (tertiary alicyclic amines) is 1. The molecule has 13 heteroatoms. The average molecular weight is 655 g/mol. The molecule has 1 saturated heterocycles. The first-order valence-corrected chi connectivity index (χ1v) is 16.4. The molecule has 4 unspecified atom stereocenters. The van der Waals surface area contributed by atoms with Crippen molar-refractivity contribution in [2.45, 2.75) is 111 Å². The zero-order valence-electron chi connectivity index (χ0n) is 29.8. The van der Waals surface area contributed by atoms with Gasteiger partial charge >= 0.3 is 6.03 Å². The molecule has 2 rings (SSSR count). The molecule has 1 fully saturated rings. The largest absolute Gasteiger partial charge is 0.388 e. The number of carbonyl (C=O) groups is 5. The number of nitrogens with one attached hydrogen (secondary N) is 5. The van der Waals surface area contributed by atoms with E-state index < -0.39 is 58.2 Å². The maximum atomic E-state index is 13.4. The highest BCUT2D eigenvalue weighted by molar-refractivity contribution is 6.25. The van der Waals surface area contributed by atoms with E-state index in [9.17, 15) is 24.0 Å². The van der Waals surface area contributed by atoms with Crippen LogP contribution in [0, 0.1) is 17.3 Å². The lowest BCUT2D eigenvalue weighted by Gasteiger charge is -2.45. The highest BCUT2D eigenvalue weighted by atomic mass is 16.5. The van der Waals surface area contributed by atoms with Gasteiger partial charge in [0.05, 0.1) is 17.6 Å². The standard InChI is InChI=1S/C34H55BN6O6/c1-21(2)25(20-42)38-29(44)26-12-11-18-41(26)30(45)27(35)39-28(43)22(3)33(6,7)34(8,9)47-19-17-32(4,5)40-31(46)37-24-15-13-23(36-10)14-16-24/h13-16,20-22,25-27,36H,11-12,17-19H2,1-10H3,(H,38,44)(H,39,43)(H2,37,40,46). The van der Waals surface area contributed by atoms with Crippen LogP contribution in [0.5, 0.6) is 0 Å². The molecule has 5 N–H and O–H groups in total. The molecule has 5 amide bonds. The van der Waals surface area contributed by atoms with Crippen molar-refractivity contribution in [2.75, 3.05) is 30.8 Å². The van der Waals surface area contributed by atoms with Gasteiger partial charge in [0, 0.05) is 48.4 Å². The number of ether oxygens (including phenoxy) is 1. The summed E-state index contributed by atoms with van der Waals surface area (Å²) in [5, 5.41) is 14.2. The zero-order valence-corrected chi connectivity index (χ0v) is 29.8. The molecule has 1 aromatic carbocycles. The summed E-state index contributed by atoms with van der Waals surface area (Å²) in [6.45, 7) is 17.5. The Kier molecular flexibility index (Phi) is 13.9. The molecule has 260 valence electrons. The molecule has 4 atom stereocenters. The number of aldehydes is 1. The first-order valence-electron chi connectivity index (χ1n) is 16.4. The molecule has 12 nitrogen and oxygen atoms in total. The van der Waals surface area contributed by atoms with Crippen LogP contribution in [0.25, 0.3) is 0 Å². The van der Waals surface area contributed by atoms with Gasteiger partial charge in [-0.3, -0.25) is 14.4 Å². The van der Waals surface area contributed by atoms with Gasteiger partial charge in [-0.1, -0.05) is 34.6 Å². The molecule has 0 aromatic heterocycles. The van der Waals surface area contributed by atoms with Gasteiger partial charge in [-0.2, -0.15) is 0 Å². The van der Waals surface area contributed by atoms with E-state index in [-0.39, 0.29) is 11.9 Å². The van der Waals surface area contributed by atoms with Crippen molar-refractivity contribution in [3.63, 3.8) is 0 Å². The first-order chi connectivity index (χ1) is 21.8. The minimum atomic E-state index is -1.34. The lowest BCUT2D eigenvalue weighted by Crippen LogP contribution is -2.57. The fraction of sp³-hybridized carbons (Fsp3) is 0.676. The molecule has 1 aliphatic heterocycles. The molecular weight excluding hydrogens is 599 g/mol. The summed E-state index contributed by atoms with van der Waals surface area (Å²) in [6.07, 6.45) is 2.24. The molecule has 0 bridgehead atoms. The molecule has 1 aliphatic rings. The van der Waals surface area contributed by atoms with Crippen molar-refractivity contribution in [3.8, 4) is 0 Å². The Morgan fingerprint density at radius 1 is 1.00 bits per heavy atom. The Hall–Kier alpha value is -3.61. The second-order valence-corrected chi connectivity index (χ2v) is 14.4. The van der Waals surface area contributed by atoms with Crippen molar-refractivity contribution in [1.29, 1.82) is 0 Å². The number of amides is 5. The molecule has 0 spiro atoms. The van der Waals surface area contributed by atoms with E-state index in [0.29, 0.717) is 44.4 Å². The summed E-state index contributed by atoms with van der Waals surface area (Å²) in [7, 11) is 8.00. The van der Waals surface area contributed by atoms with Crippen LogP contribution in [-0.2, 0) is 23.9 Å². The third-order valence-corrected chi connectivity index (χ3v) is 9.68. The third kappa shape index (κ3) is 10.7. The smallest absolute Gasteiger partial charge is 0.319 e. The molecular formula is C34H55BN6O6. The second-order valence-electron chi connectivity index (χ2n) is 14.4. The van der Waals surface area contributed by atoms with Gasteiger partial charge in [-0.25, -0.2) is 4.79 Å². The lowest BCUT2D eigenvalue weighted by molar-refractivity contribution is -0.149. The topological polar surface area (TPSA) is 158 Å². The highest BCUT2D eigenvalue weighted by Crippen LogP contribution is 2.41. The van der Waals surface area contributed by atoms with Crippen LogP contribution >= 0.6 is 0 Å². The normalized spacial score (nSPS) is 17.3. The lowest BCUT2D eigenvalue weighted by atomic mass is 9.68. The van der Waals surface area contributed by atoms with Gasteiger partial charge in [0.25, 0.3) is 0 Å². The third-order valence-electron chi connectivity index (χ3n) is 9.68. The Morgan fingerprint density at radius 2 is 1.60 bits per heavy atom. The number of hydrogen-bond donors (Lipinski definition) is 5. The maximum Gasteiger partial charge on any atom is 0.319 e. The SMILES string of the molecule is [B]C(NC(=O)C(C)C(C)(C)C(C)(C)OCCC(C)(C)NC(=O)Nc1ccc(NC)cc1)C(=O)N1CCCC1C(=O)NC(C=O)C(C)C. The molecule has 2 radical (unpaired) electrons. The maximum absolute atomic E-state index is 13.4. The quantitative estimate of drug-likeness (QED) is 0.135. The van der Waals surface area contributed by atoms with Gasteiger partial charge in [-0.15, -0.1) is 0 Å². The van der Waals surface area contributed by atoms with E-state index in [1.807, 2.05) is 86.7 Å². The van der Waals surface area contributed by atoms with E-state index in [1.54, 1.807) is 6.92 Å². The summed E-state index contributed by atoms with van der Waals surface area (Å²) in [4.78, 5) is 64.9. The average Bonchev–Trinajstić information content (AvgIpc) is 3.48. The summed E-state index contributed by atoms with van der Waals surface area (Å²) >= 11 is 0. The number of urea groups is 1. The minimum absolute atomic E-state index is 0.0937. The first kappa shape index (κ1) is 39.6. The van der Waals surface area contributed by atoms with Gasteiger partial charge in [0.1, 0.15) is 20.2 Å². The minimum Gasteiger partial charge on any atom is -0.388 e. The Balaban J connectivity index is 1.93. The van der Waals surface area contributed by atoms with E-state index in [2.05, 4.69) is 26.6 Å². The monoisotopic (exact) mass is 654 g/mol. The van der Waals surface area contributed by atoms with Crippen LogP contribution in [0.2, 0.25) is 0 Å². The van der Waals surface area contributed by atoms with Crippen LogP contribution in [0.1, 0.15) is 81.6 Å². The highest BCUT2D eigenvalue weighted by Gasteiger charge is 2.46. The van der Waals surface area contributed by atoms with Crippen molar-refractivity contribution >= 4 is 49.3 Å². The van der Waals surface area contributed by atoms with Gasteiger partial charge in [-0.05, 0) is 77.1 Å². The number of nitrogens with zero attached hydrogens (tertiary/aromatic N) is 1. The summed E-state index contributed by atoms with van der Waals surface area (Å²) in [6, 6.07) is 5.62. The van der Waals surface area contributed by atoms with Crippen molar-refractivity contribution < 1.29 is 28.7 Å². The number of carbonyl (C=O) groups excluding carboxylic acids is 5. The number of benzene rings is 1. The Bertz CT molecular complexity index is 1250. The summed E-state index contributed by atoms with van der Waals surface area (Å²) < 4.78 is 6.32. The molecule has 0 saturated carbocycles. The van der Waals surface area contributed by atoms with E-state index in [1.165, 1.54) is 4.90 Å². The molecule has 1 heterocycles. The van der Waals surface area contributed by atoms with Crippen LogP contribution in [0.15, 0.2) is 24.3 Å². The number of hydrogen-bond acceptors (Lipinski definition) is 7. The van der Waals surface area contributed by atoms with Gasteiger partial charge < -0.3 is 41.0 Å². The van der Waals surface area contributed by atoms with E-state index in [4.69, 9.17) is 12.6 Å². The van der Waals surface area contributed by atoms with E-state index in [0.717, 1.165) is 5.69 Å². The Labute approximate surface area is 281 Å². The van der Waals surface area contributed by atoms with Gasteiger partial charge in [0.2, 0.25) is 17.7 Å². The van der Waals surface area contributed by atoms with Crippen molar-refractivity contribution in [3.05, 3.63) is 24.3 Å². The van der Waals surface area contributed by atoms with Crippen molar-refractivity contribution in [1.82, 2.24) is 20.9 Å². The van der Waals surface area contributed by atoms with Crippen molar-refractivity contribution in [2.24, 2.45) is 17.3 Å². The molecule has 0 aliphatic carbocycles. The zero-order chi connectivity index (χ0) is 35.7. The van der Waals surface area contributed by atoms with Crippen LogP contribution in [-0.4, -0.2) is 92.1 Å². The Morgan fingerprint density at radius 3 is 2.15 bits per heavy atom. The predicted octanol–water partition coefficient (Wildman–Crippen LogP) is 3.42. The summed E-state index contributed by atoms with van der Waals surface area (Å²) in [5.74, 6) is -3.44. The fourth-order valence-corrected chi connectivity index (χ4v) is 5.29. The number of rotatable bonds is 16.